The van der Waals surface area contributed by atoms with Gasteiger partial charge < -0.3 is 14.4 Å². The smallest absolute Gasteiger partial charge is 0.338 e. The molecule has 0 heterocycles. The van der Waals surface area contributed by atoms with Crippen molar-refractivity contribution in [3.63, 3.8) is 0 Å². The van der Waals surface area contributed by atoms with Crippen molar-refractivity contribution in [2.24, 2.45) is 0 Å². The number of carbonyl (C=O) groups is 2. The molecule has 266 valence electrons. The van der Waals surface area contributed by atoms with Gasteiger partial charge in [-0.25, -0.2) is 9.59 Å². The van der Waals surface area contributed by atoms with E-state index in [1.807, 2.05) is 78.9 Å². The molecule has 6 heteroatoms. The summed E-state index contributed by atoms with van der Waals surface area (Å²) in [5.74, 6) is -1.01. The highest BCUT2D eigenvalue weighted by atomic mass is 35.5. The van der Waals surface area contributed by atoms with Gasteiger partial charge in [0.15, 0.2) is 0 Å². The van der Waals surface area contributed by atoms with Gasteiger partial charge in [0.25, 0.3) is 0 Å². The summed E-state index contributed by atoms with van der Waals surface area (Å²) in [4.78, 5) is 29.2. The average molecular weight is 728 g/mol. The van der Waals surface area contributed by atoms with Crippen LogP contribution in [-0.4, -0.2) is 25.2 Å². The molecular weight excluding hydrogens is 690 g/mol. The van der Waals surface area contributed by atoms with Gasteiger partial charge in [-0.15, -0.1) is 0 Å². The predicted molar refractivity (Wildman–Crippen MR) is 220 cm³/mol. The van der Waals surface area contributed by atoms with Gasteiger partial charge in [0.05, 0.1) is 24.3 Å². The molecule has 54 heavy (non-hydrogen) atoms. The van der Waals surface area contributed by atoms with Gasteiger partial charge in [-0.05, 0) is 107 Å². The summed E-state index contributed by atoms with van der Waals surface area (Å²) in [6, 6.07) is 56.2. The maximum Gasteiger partial charge on any atom is 0.338 e. The molecule has 5 nitrogen and oxygen atoms in total. The summed E-state index contributed by atoms with van der Waals surface area (Å²) >= 11 is 6.62. The molecule has 7 aromatic rings. The largest absolute Gasteiger partial charge is 0.462 e. The molecule has 0 aromatic heterocycles. The molecule has 7 rings (SSSR count). The van der Waals surface area contributed by atoms with Crippen LogP contribution in [-0.2, 0) is 9.47 Å². The molecule has 0 N–H and O–H groups in total. The summed E-state index contributed by atoms with van der Waals surface area (Å²) in [6.45, 7) is 3.91. The maximum absolute atomic E-state index is 13.5. The fraction of sp³-hybridized carbons (Fsp3) is 0.0833. The Kier molecular flexibility index (Phi) is 11.0. The summed E-state index contributed by atoms with van der Waals surface area (Å²) in [5, 5.41) is 0.448. The lowest BCUT2D eigenvalue weighted by Gasteiger charge is -2.26. The van der Waals surface area contributed by atoms with Crippen LogP contribution in [0.4, 0.5) is 17.1 Å². The molecule has 0 fully saturated rings. The monoisotopic (exact) mass is 727 g/mol. The highest BCUT2D eigenvalue weighted by Crippen LogP contribution is 2.40. The van der Waals surface area contributed by atoms with Crippen molar-refractivity contribution in [2.45, 2.75) is 13.8 Å². The highest BCUT2D eigenvalue weighted by Gasteiger charge is 2.24. The Morgan fingerprint density at radius 2 is 0.815 bits per heavy atom. The zero-order chi connectivity index (χ0) is 37.4. The molecule has 0 aliphatic heterocycles. The Balaban J connectivity index is 1.33. The van der Waals surface area contributed by atoms with E-state index >= 15 is 0 Å². The van der Waals surface area contributed by atoms with Crippen LogP contribution < -0.4 is 4.90 Å². The van der Waals surface area contributed by atoms with Crippen LogP contribution in [0.15, 0.2) is 170 Å². The second-order valence-electron chi connectivity index (χ2n) is 12.6. The van der Waals surface area contributed by atoms with E-state index in [1.165, 1.54) is 0 Å². The summed E-state index contributed by atoms with van der Waals surface area (Å²) in [6.07, 6.45) is 0. The third-order valence-electron chi connectivity index (χ3n) is 9.21. The lowest BCUT2D eigenvalue weighted by atomic mass is 9.90. The van der Waals surface area contributed by atoms with Crippen molar-refractivity contribution in [1.82, 2.24) is 0 Å². The van der Waals surface area contributed by atoms with E-state index in [0.29, 0.717) is 32.8 Å². The average Bonchev–Trinajstić information content (AvgIpc) is 3.22. The molecule has 0 atom stereocenters. The highest BCUT2D eigenvalue weighted by molar-refractivity contribution is 6.33. The van der Waals surface area contributed by atoms with E-state index in [0.717, 1.165) is 44.9 Å². The Labute approximate surface area is 321 Å². The number of benzene rings is 7. The minimum atomic E-state index is -0.509. The van der Waals surface area contributed by atoms with Crippen LogP contribution in [0.5, 0.6) is 0 Å². The quantitative estimate of drug-likeness (QED) is 0.124. The number of nitrogens with zero attached hydrogens (tertiary/aromatic N) is 1. The molecule has 0 amide bonds. The first-order chi connectivity index (χ1) is 26.4. The number of hydrogen-bond acceptors (Lipinski definition) is 5. The molecular formula is C48H38ClNO4. The zero-order valence-corrected chi connectivity index (χ0v) is 30.8. The van der Waals surface area contributed by atoms with E-state index in [1.54, 1.807) is 32.0 Å². The van der Waals surface area contributed by atoms with E-state index in [-0.39, 0.29) is 13.2 Å². The standard InChI is InChI=1S/C48H38ClNO4/c1-3-53-47(51)44-32-43(41-17-11-12-18-46(41)49)45(48(52)54-4-2)31-42(44)37-23-29-40(30-24-37)50(38-25-19-35(20-26-38)33-13-7-5-8-14-33)39-27-21-36(22-28-39)34-15-9-6-10-16-34/h5-32H,3-4H2,1-2H3. The van der Waals surface area contributed by atoms with Gasteiger partial charge in [-0.1, -0.05) is 127 Å². The minimum Gasteiger partial charge on any atom is -0.462 e. The van der Waals surface area contributed by atoms with Crippen molar-refractivity contribution in [3.8, 4) is 44.5 Å². The summed E-state index contributed by atoms with van der Waals surface area (Å²) in [5.41, 5.74) is 10.4. The normalized spacial score (nSPS) is 10.8. The molecule has 0 radical (unpaired) electrons. The Morgan fingerprint density at radius 1 is 0.444 bits per heavy atom. The van der Waals surface area contributed by atoms with Crippen LogP contribution >= 0.6 is 11.6 Å². The number of anilines is 3. The molecule has 0 spiro atoms. The summed E-state index contributed by atoms with van der Waals surface area (Å²) in [7, 11) is 0. The first-order valence-electron chi connectivity index (χ1n) is 17.9. The topological polar surface area (TPSA) is 55.8 Å². The van der Waals surface area contributed by atoms with E-state index in [4.69, 9.17) is 21.1 Å². The fourth-order valence-corrected chi connectivity index (χ4v) is 6.84. The second kappa shape index (κ2) is 16.5. The molecule has 0 bridgehead atoms. The maximum atomic E-state index is 13.5. The molecule has 0 unspecified atom stereocenters. The number of ether oxygens (including phenoxy) is 2. The third kappa shape index (κ3) is 7.68. The molecule has 0 saturated heterocycles. The van der Waals surface area contributed by atoms with Crippen molar-refractivity contribution in [3.05, 3.63) is 186 Å². The summed E-state index contributed by atoms with van der Waals surface area (Å²) < 4.78 is 11.0. The number of esters is 2. The first-order valence-corrected chi connectivity index (χ1v) is 18.3. The molecule has 0 saturated carbocycles. The van der Waals surface area contributed by atoms with Gasteiger partial charge in [0, 0.05) is 27.6 Å². The van der Waals surface area contributed by atoms with Gasteiger partial charge in [-0.2, -0.15) is 0 Å². The fourth-order valence-electron chi connectivity index (χ4n) is 6.60. The molecule has 7 aromatic carbocycles. The molecule has 0 aliphatic rings. The lowest BCUT2D eigenvalue weighted by Crippen LogP contribution is -2.12. The third-order valence-corrected chi connectivity index (χ3v) is 9.54. The lowest BCUT2D eigenvalue weighted by molar-refractivity contribution is 0.0513. The van der Waals surface area contributed by atoms with Crippen molar-refractivity contribution >= 4 is 40.6 Å². The van der Waals surface area contributed by atoms with Crippen molar-refractivity contribution in [2.75, 3.05) is 18.1 Å². The van der Waals surface area contributed by atoms with Crippen LogP contribution in [0.3, 0.4) is 0 Å². The van der Waals surface area contributed by atoms with Gasteiger partial charge in [-0.3, -0.25) is 0 Å². The molecule has 0 aliphatic carbocycles. The Hall–Kier alpha value is -6.43. The van der Waals surface area contributed by atoms with E-state index in [2.05, 4.69) is 77.7 Å². The zero-order valence-electron chi connectivity index (χ0n) is 30.0. The SMILES string of the molecule is CCOC(=O)c1cc(-c2ccccc2Cl)c(C(=O)OCC)cc1-c1ccc(N(c2ccc(-c3ccccc3)cc2)c2ccc(-c3ccccc3)cc2)cc1. The minimum absolute atomic E-state index is 0.193. The van der Waals surface area contributed by atoms with E-state index < -0.39 is 11.9 Å². The number of carbonyl (C=O) groups excluding carboxylic acids is 2. The van der Waals surface area contributed by atoms with Crippen molar-refractivity contribution < 1.29 is 19.1 Å². The van der Waals surface area contributed by atoms with Crippen LogP contribution in [0, 0.1) is 0 Å². The second-order valence-corrected chi connectivity index (χ2v) is 13.0. The van der Waals surface area contributed by atoms with Gasteiger partial charge in [0.1, 0.15) is 0 Å². The first kappa shape index (κ1) is 36.0. The van der Waals surface area contributed by atoms with Gasteiger partial charge in [0.2, 0.25) is 0 Å². The predicted octanol–water partition coefficient (Wildman–Crippen LogP) is 12.8. The number of rotatable bonds is 11. The number of hydrogen-bond donors (Lipinski definition) is 0. The van der Waals surface area contributed by atoms with Crippen LogP contribution in [0.2, 0.25) is 5.02 Å². The van der Waals surface area contributed by atoms with Gasteiger partial charge >= 0.3 is 11.9 Å². The van der Waals surface area contributed by atoms with E-state index in [9.17, 15) is 9.59 Å². The Bertz CT molecular complexity index is 2290. The van der Waals surface area contributed by atoms with Crippen LogP contribution in [0.25, 0.3) is 44.5 Å². The van der Waals surface area contributed by atoms with Crippen molar-refractivity contribution in [1.29, 1.82) is 0 Å². The Morgan fingerprint density at radius 3 is 1.26 bits per heavy atom. The number of halogens is 1. The van der Waals surface area contributed by atoms with Crippen LogP contribution in [0.1, 0.15) is 34.6 Å².